The Morgan fingerprint density at radius 3 is 2.70 bits per heavy atom. The van der Waals surface area contributed by atoms with E-state index in [9.17, 15) is 0 Å². The summed E-state index contributed by atoms with van der Waals surface area (Å²) in [5, 5.41) is 1.97. The molecule has 0 amide bonds. The molecule has 0 N–H and O–H groups in total. The quantitative estimate of drug-likeness (QED) is 0.607. The van der Waals surface area contributed by atoms with Crippen molar-refractivity contribution >= 4 is 11.5 Å². The van der Waals surface area contributed by atoms with E-state index in [0.29, 0.717) is 0 Å². The van der Waals surface area contributed by atoms with Gasteiger partial charge in [0.1, 0.15) is 5.82 Å². The normalized spacial score (nSPS) is 10.0. The van der Waals surface area contributed by atoms with Crippen LogP contribution in [-0.4, -0.2) is 8.94 Å². The maximum atomic E-state index is 4.16. The van der Waals surface area contributed by atoms with Crippen molar-refractivity contribution in [2.24, 2.45) is 0 Å². The van der Waals surface area contributed by atoms with Crippen LogP contribution in [-0.2, 0) is 0 Å². The van der Waals surface area contributed by atoms with Crippen LogP contribution in [0.1, 0.15) is 0 Å². The van der Waals surface area contributed by atoms with Gasteiger partial charge < -0.3 is 4.57 Å². The van der Waals surface area contributed by atoms with Gasteiger partial charge in [0, 0.05) is 17.8 Å². The molecule has 2 heterocycles. The monoisotopic (exact) mass is 150 g/mol. The minimum Gasteiger partial charge on any atom is -0.308 e. The molecule has 0 radical (unpaired) electrons. The summed E-state index contributed by atoms with van der Waals surface area (Å²) >= 11 is 1.47. The van der Waals surface area contributed by atoms with Crippen LogP contribution in [0.25, 0.3) is 5.82 Å². The molecule has 3 heteroatoms. The minimum absolute atomic E-state index is 0.995. The van der Waals surface area contributed by atoms with Crippen LogP contribution in [0.5, 0.6) is 0 Å². The number of nitrogens with zero attached hydrogens (tertiary/aromatic N) is 2. The van der Waals surface area contributed by atoms with Gasteiger partial charge in [-0.15, -0.1) is 0 Å². The first-order valence-electron chi connectivity index (χ1n) is 3.00. The Balaban J connectivity index is 2.48. The molecule has 0 bridgehead atoms. The lowest BCUT2D eigenvalue weighted by molar-refractivity contribution is 1.04. The summed E-state index contributed by atoms with van der Waals surface area (Å²) in [5.74, 6) is 0.995. The zero-order valence-corrected chi connectivity index (χ0v) is 6.08. The molecule has 50 valence electrons. The highest BCUT2D eigenvalue weighted by Crippen LogP contribution is 2.06. The highest BCUT2D eigenvalue weighted by molar-refractivity contribution is 7.03. The molecule has 10 heavy (non-hydrogen) atoms. The first kappa shape index (κ1) is 5.68. The maximum Gasteiger partial charge on any atom is 0.150 e. The van der Waals surface area contributed by atoms with Crippen molar-refractivity contribution in [2.45, 2.75) is 0 Å². The lowest BCUT2D eigenvalue weighted by atomic mass is 10.6. The molecule has 2 aromatic rings. The van der Waals surface area contributed by atoms with E-state index in [1.807, 2.05) is 40.5 Å². The van der Waals surface area contributed by atoms with Gasteiger partial charge in [0.15, 0.2) is 0 Å². The Morgan fingerprint density at radius 1 is 1.30 bits per heavy atom. The van der Waals surface area contributed by atoms with Crippen LogP contribution in [0.15, 0.2) is 36.0 Å². The van der Waals surface area contributed by atoms with Crippen LogP contribution >= 0.6 is 11.5 Å². The number of hydrogen-bond donors (Lipinski definition) is 0. The average molecular weight is 150 g/mol. The van der Waals surface area contributed by atoms with Crippen molar-refractivity contribution in [1.29, 1.82) is 0 Å². The number of aromatic nitrogens is 2. The van der Waals surface area contributed by atoms with Crippen molar-refractivity contribution in [3.8, 4) is 5.82 Å². The Hall–Kier alpha value is -1.09. The molecule has 2 nitrogen and oxygen atoms in total. The molecule has 0 atom stereocenters. The van der Waals surface area contributed by atoms with E-state index in [1.54, 1.807) is 0 Å². The second kappa shape index (κ2) is 2.27. The summed E-state index contributed by atoms with van der Waals surface area (Å²) < 4.78 is 6.15. The van der Waals surface area contributed by atoms with E-state index in [-0.39, 0.29) is 0 Å². The van der Waals surface area contributed by atoms with Crippen molar-refractivity contribution in [3.63, 3.8) is 0 Å². The van der Waals surface area contributed by atoms with Crippen molar-refractivity contribution in [3.05, 3.63) is 36.0 Å². The third-order valence-electron chi connectivity index (χ3n) is 1.29. The van der Waals surface area contributed by atoms with Gasteiger partial charge in [0.25, 0.3) is 0 Å². The van der Waals surface area contributed by atoms with Gasteiger partial charge in [-0.05, 0) is 29.7 Å². The molecule has 2 aromatic heterocycles. The number of hydrogen-bond acceptors (Lipinski definition) is 2. The predicted octanol–water partition coefficient (Wildman–Crippen LogP) is 1.93. The van der Waals surface area contributed by atoms with Gasteiger partial charge in [-0.25, -0.2) is 0 Å². The number of rotatable bonds is 1. The van der Waals surface area contributed by atoms with Gasteiger partial charge in [0.2, 0.25) is 0 Å². The van der Waals surface area contributed by atoms with Crippen LogP contribution in [0.4, 0.5) is 0 Å². The Morgan fingerprint density at radius 2 is 2.10 bits per heavy atom. The summed E-state index contributed by atoms with van der Waals surface area (Å²) in [6, 6.07) is 5.96. The Bertz CT molecular complexity index is 251. The summed E-state index contributed by atoms with van der Waals surface area (Å²) in [4.78, 5) is 0. The smallest absolute Gasteiger partial charge is 0.150 e. The van der Waals surface area contributed by atoms with E-state index in [4.69, 9.17) is 0 Å². The van der Waals surface area contributed by atoms with Crippen LogP contribution in [0.3, 0.4) is 0 Å². The van der Waals surface area contributed by atoms with Crippen LogP contribution in [0, 0.1) is 0 Å². The Kier molecular flexibility index (Phi) is 1.29. The molecule has 0 saturated heterocycles. The fourth-order valence-electron chi connectivity index (χ4n) is 0.827. The zero-order valence-electron chi connectivity index (χ0n) is 5.27. The third kappa shape index (κ3) is 0.844. The first-order valence-corrected chi connectivity index (χ1v) is 3.84. The van der Waals surface area contributed by atoms with Gasteiger partial charge in [-0.2, -0.15) is 4.37 Å². The van der Waals surface area contributed by atoms with Crippen LogP contribution < -0.4 is 0 Å². The second-order valence-electron chi connectivity index (χ2n) is 1.95. The van der Waals surface area contributed by atoms with Gasteiger partial charge in [0.05, 0.1) is 0 Å². The Labute approximate surface area is 62.9 Å². The molecule has 0 aliphatic carbocycles. The van der Waals surface area contributed by atoms with Crippen molar-refractivity contribution in [2.75, 3.05) is 0 Å². The fraction of sp³-hybridized carbons (Fsp3) is 0. The summed E-state index contributed by atoms with van der Waals surface area (Å²) in [7, 11) is 0. The molecule has 2 rings (SSSR count). The SMILES string of the molecule is c1ccn(-c2ccsn2)c1. The van der Waals surface area contributed by atoms with Crippen molar-refractivity contribution in [1.82, 2.24) is 8.94 Å². The van der Waals surface area contributed by atoms with Crippen LogP contribution in [0.2, 0.25) is 0 Å². The first-order chi connectivity index (χ1) is 4.97. The summed E-state index contributed by atoms with van der Waals surface area (Å²) in [6.45, 7) is 0. The van der Waals surface area contributed by atoms with E-state index < -0.39 is 0 Å². The molecule has 0 aliphatic rings. The van der Waals surface area contributed by atoms with E-state index in [2.05, 4.69) is 4.37 Å². The average Bonchev–Trinajstić information content (AvgIpc) is 2.59. The topological polar surface area (TPSA) is 17.8 Å². The van der Waals surface area contributed by atoms with E-state index in [0.717, 1.165) is 5.82 Å². The van der Waals surface area contributed by atoms with E-state index in [1.165, 1.54) is 11.5 Å². The van der Waals surface area contributed by atoms with Gasteiger partial charge >= 0.3 is 0 Å². The molecule has 0 aliphatic heterocycles. The minimum atomic E-state index is 0.995. The van der Waals surface area contributed by atoms with E-state index >= 15 is 0 Å². The third-order valence-corrected chi connectivity index (χ3v) is 1.84. The van der Waals surface area contributed by atoms with Gasteiger partial charge in [-0.3, -0.25) is 0 Å². The second-order valence-corrected chi connectivity index (χ2v) is 2.61. The fourth-order valence-corrected chi connectivity index (χ4v) is 1.33. The molecule has 0 aromatic carbocycles. The molecular weight excluding hydrogens is 144 g/mol. The maximum absolute atomic E-state index is 4.16. The summed E-state index contributed by atoms with van der Waals surface area (Å²) in [5.41, 5.74) is 0. The standard InChI is InChI=1S/C7H6N2S/c1-2-5-9(4-1)7-3-6-10-8-7/h1-6H. The molecule has 0 fully saturated rings. The highest BCUT2D eigenvalue weighted by Gasteiger charge is 1.92. The summed E-state index contributed by atoms with van der Waals surface area (Å²) in [6.07, 6.45) is 3.96. The largest absolute Gasteiger partial charge is 0.308 e. The molecule has 0 unspecified atom stereocenters. The molecule has 0 saturated carbocycles. The highest BCUT2D eigenvalue weighted by atomic mass is 32.1. The van der Waals surface area contributed by atoms with Gasteiger partial charge in [-0.1, -0.05) is 0 Å². The molecule has 0 spiro atoms. The molecular formula is C7H6N2S. The zero-order chi connectivity index (χ0) is 6.81. The predicted molar refractivity (Wildman–Crippen MR) is 41.4 cm³/mol. The van der Waals surface area contributed by atoms with Crippen molar-refractivity contribution < 1.29 is 0 Å². The lowest BCUT2D eigenvalue weighted by Crippen LogP contribution is -1.86. The lowest BCUT2D eigenvalue weighted by Gasteiger charge is -1.92.